The number of carbonyl (C=O) groups is 1. The molecule has 18 heavy (non-hydrogen) atoms. The first-order valence-electron chi connectivity index (χ1n) is 7.02. The van der Waals surface area contributed by atoms with Gasteiger partial charge in [-0.3, -0.25) is 0 Å². The van der Waals surface area contributed by atoms with E-state index in [2.05, 4.69) is 11.9 Å². The van der Waals surface area contributed by atoms with Gasteiger partial charge in [-0.1, -0.05) is 0 Å². The molecule has 0 N–H and O–H groups in total. The summed E-state index contributed by atoms with van der Waals surface area (Å²) in [6.07, 6.45) is 4.39. The quantitative estimate of drug-likeness (QED) is 0.666. The van der Waals surface area contributed by atoms with E-state index in [1.165, 1.54) is 6.42 Å². The lowest BCUT2D eigenvalue weighted by atomic mass is 9.87. The molecule has 1 spiro atoms. The summed E-state index contributed by atoms with van der Waals surface area (Å²) in [6, 6.07) is 0. The van der Waals surface area contributed by atoms with Gasteiger partial charge in [0.05, 0.1) is 5.54 Å². The highest BCUT2D eigenvalue weighted by atomic mass is 16.6. The molecular formula is C14H26N2O2. The maximum Gasteiger partial charge on any atom is 0.410 e. The predicted molar refractivity (Wildman–Crippen MR) is 71.6 cm³/mol. The van der Waals surface area contributed by atoms with Crippen molar-refractivity contribution in [2.75, 3.05) is 26.7 Å². The van der Waals surface area contributed by atoms with Crippen molar-refractivity contribution in [2.45, 2.75) is 57.6 Å². The lowest BCUT2D eigenvalue weighted by Crippen LogP contribution is -2.57. The molecule has 0 saturated carbocycles. The summed E-state index contributed by atoms with van der Waals surface area (Å²) in [7, 11) is 2.15. The Balaban J connectivity index is 2.09. The van der Waals surface area contributed by atoms with Gasteiger partial charge in [0.2, 0.25) is 0 Å². The van der Waals surface area contributed by atoms with Crippen molar-refractivity contribution in [1.29, 1.82) is 0 Å². The molecule has 0 bridgehead atoms. The van der Waals surface area contributed by atoms with Crippen molar-refractivity contribution in [1.82, 2.24) is 9.80 Å². The van der Waals surface area contributed by atoms with Gasteiger partial charge in [0, 0.05) is 13.1 Å². The normalized spacial score (nSPS) is 29.9. The van der Waals surface area contributed by atoms with Crippen LogP contribution in [-0.2, 0) is 4.74 Å². The zero-order valence-electron chi connectivity index (χ0n) is 12.2. The molecule has 2 aliphatic rings. The monoisotopic (exact) mass is 254 g/mol. The van der Waals surface area contributed by atoms with Crippen LogP contribution in [0.2, 0.25) is 0 Å². The van der Waals surface area contributed by atoms with Gasteiger partial charge in [0.25, 0.3) is 0 Å². The summed E-state index contributed by atoms with van der Waals surface area (Å²) in [5, 5.41) is 0. The molecule has 4 nitrogen and oxygen atoms in total. The van der Waals surface area contributed by atoms with E-state index in [1.807, 2.05) is 25.7 Å². The van der Waals surface area contributed by atoms with Gasteiger partial charge in [-0.25, -0.2) is 4.79 Å². The number of ether oxygens (including phenoxy) is 1. The van der Waals surface area contributed by atoms with Gasteiger partial charge in [-0.15, -0.1) is 0 Å². The number of nitrogens with zero attached hydrogens (tertiary/aromatic N) is 2. The lowest BCUT2D eigenvalue weighted by Gasteiger charge is -2.44. The Hall–Kier alpha value is -0.770. The summed E-state index contributed by atoms with van der Waals surface area (Å²) in [5.41, 5.74) is -0.364. The highest BCUT2D eigenvalue weighted by molar-refractivity contribution is 5.69. The van der Waals surface area contributed by atoms with Gasteiger partial charge in [-0.2, -0.15) is 0 Å². The standard InChI is InChI=1S/C14H26N2O2/c1-13(2,3)18-12(17)16-10-6-8-14(16)7-5-9-15(4)11-14/h5-11H2,1-4H3. The molecule has 1 amide bonds. The average Bonchev–Trinajstić information content (AvgIpc) is 2.58. The number of hydrogen-bond acceptors (Lipinski definition) is 3. The van der Waals surface area contributed by atoms with Crippen LogP contribution in [0.5, 0.6) is 0 Å². The molecule has 104 valence electrons. The van der Waals surface area contributed by atoms with Crippen LogP contribution in [0.3, 0.4) is 0 Å². The molecule has 2 rings (SSSR count). The number of hydrogen-bond donors (Lipinski definition) is 0. The maximum absolute atomic E-state index is 12.3. The zero-order valence-corrected chi connectivity index (χ0v) is 12.2. The Kier molecular flexibility index (Phi) is 3.58. The second kappa shape index (κ2) is 4.72. The number of carbonyl (C=O) groups excluding carboxylic acids is 1. The SMILES string of the molecule is CN1CCCC2(CCCN2C(=O)OC(C)(C)C)C1. The largest absolute Gasteiger partial charge is 0.444 e. The topological polar surface area (TPSA) is 32.8 Å². The summed E-state index contributed by atoms with van der Waals surface area (Å²) >= 11 is 0. The Bertz CT molecular complexity index is 324. The molecule has 2 fully saturated rings. The third kappa shape index (κ3) is 2.79. The van der Waals surface area contributed by atoms with Crippen LogP contribution in [0.25, 0.3) is 0 Å². The fourth-order valence-electron chi connectivity index (χ4n) is 3.30. The van der Waals surface area contributed by atoms with E-state index in [-0.39, 0.29) is 11.6 Å². The highest BCUT2D eigenvalue weighted by Crippen LogP contribution is 2.37. The van der Waals surface area contributed by atoms with Crippen LogP contribution in [0.15, 0.2) is 0 Å². The van der Waals surface area contributed by atoms with E-state index < -0.39 is 5.60 Å². The number of rotatable bonds is 0. The van der Waals surface area contributed by atoms with E-state index in [4.69, 9.17) is 4.74 Å². The third-order valence-corrected chi connectivity index (χ3v) is 3.96. The van der Waals surface area contributed by atoms with Crippen LogP contribution in [0.1, 0.15) is 46.5 Å². The van der Waals surface area contributed by atoms with Gasteiger partial charge < -0.3 is 14.5 Å². The van der Waals surface area contributed by atoms with Crippen molar-refractivity contribution >= 4 is 6.09 Å². The van der Waals surface area contributed by atoms with E-state index in [0.29, 0.717) is 0 Å². The molecule has 1 unspecified atom stereocenters. The second-order valence-electron chi connectivity index (χ2n) is 6.80. The summed E-state index contributed by atoms with van der Waals surface area (Å²) < 4.78 is 5.55. The first kappa shape index (κ1) is 13.7. The molecule has 2 aliphatic heterocycles. The van der Waals surface area contributed by atoms with E-state index in [9.17, 15) is 4.79 Å². The lowest BCUT2D eigenvalue weighted by molar-refractivity contribution is -0.00727. The van der Waals surface area contributed by atoms with E-state index in [0.717, 1.165) is 38.9 Å². The molecule has 1 atom stereocenters. The zero-order chi connectivity index (χ0) is 13.4. The van der Waals surface area contributed by atoms with Crippen LogP contribution < -0.4 is 0 Å². The van der Waals surface area contributed by atoms with Gasteiger partial charge in [0.15, 0.2) is 0 Å². The number of piperidine rings is 1. The Labute approximate surface area is 110 Å². The van der Waals surface area contributed by atoms with E-state index >= 15 is 0 Å². The van der Waals surface area contributed by atoms with Crippen molar-refractivity contribution in [3.8, 4) is 0 Å². The molecule has 0 aromatic heterocycles. The second-order valence-corrected chi connectivity index (χ2v) is 6.80. The Morgan fingerprint density at radius 1 is 1.17 bits per heavy atom. The van der Waals surface area contributed by atoms with Crippen LogP contribution in [-0.4, -0.2) is 53.7 Å². The highest BCUT2D eigenvalue weighted by Gasteiger charge is 2.46. The average molecular weight is 254 g/mol. The number of amides is 1. The van der Waals surface area contributed by atoms with Crippen LogP contribution in [0.4, 0.5) is 4.79 Å². The fourth-order valence-corrected chi connectivity index (χ4v) is 3.30. The van der Waals surface area contributed by atoms with Crippen molar-refractivity contribution in [3.63, 3.8) is 0 Å². The minimum Gasteiger partial charge on any atom is -0.444 e. The first-order chi connectivity index (χ1) is 8.32. The third-order valence-electron chi connectivity index (χ3n) is 3.96. The molecule has 2 saturated heterocycles. The molecule has 0 aromatic rings. The van der Waals surface area contributed by atoms with Crippen LogP contribution in [0, 0.1) is 0 Å². The van der Waals surface area contributed by atoms with Crippen molar-refractivity contribution < 1.29 is 9.53 Å². The summed E-state index contributed by atoms with van der Waals surface area (Å²) in [6.45, 7) is 8.78. The smallest absolute Gasteiger partial charge is 0.410 e. The van der Waals surface area contributed by atoms with Gasteiger partial charge in [0.1, 0.15) is 5.60 Å². The van der Waals surface area contributed by atoms with Crippen molar-refractivity contribution in [2.24, 2.45) is 0 Å². The first-order valence-corrected chi connectivity index (χ1v) is 7.02. The molecular weight excluding hydrogens is 228 g/mol. The molecule has 0 aliphatic carbocycles. The van der Waals surface area contributed by atoms with Gasteiger partial charge >= 0.3 is 6.09 Å². The fraction of sp³-hybridized carbons (Fsp3) is 0.929. The van der Waals surface area contributed by atoms with Gasteiger partial charge in [-0.05, 0) is 60.0 Å². The predicted octanol–water partition coefficient (Wildman–Crippen LogP) is 2.48. The Morgan fingerprint density at radius 2 is 1.78 bits per heavy atom. The molecule has 2 heterocycles. The van der Waals surface area contributed by atoms with Crippen LogP contribution >= 0.6 is 0 Å². The number of likely N-dealkylation sites (N-methyl/N-ethyl adjacent to an activating group) is 1. The Morgan fingerprint density at radius 3 is 2.33 bits per heavy atom. The molecule has 0 aromatic carbocycles. The molecule has 4 heteroatoms. The number of likely N-dealkylation sites (tertiary alicyclic amines) is 2. The minimum atomic E-state index is -0.401. The summed E-state index contributed by atoms with van der Waals surface area (Å²) in [4.78, 5) is 16.7. The van der Waals surface area contributed by atoms with Crippen molar-refractivity contribution in [3.05, 3.63) is 0 Å². The summed E-state index contributed by atoms with van der Waals surface area (Å²) in [5.74, 6) is 0. The maximum atomic E-state index is 12.3. The molecule has 0 radical (unpaired) electrons. The minimum absolute atomic E-state index is 0.0370. The van der Waals surface area contributed by atoms with E-state index in [1.54, 1.807) is 0 Å².